The lowest BCUT2D eigenvalue weighted by atomic mass is 9.91. The van der Waals surface area contributed by atoms with Gasteiger partial charge in [0.1, 0.15) is 11.4 Å². The zero-order chi connectivity index (χ0) is 21.8. The van der Waals surface area contributed by atoms with Crippen LogP contribution in [0.15, 0.2) is 24.4 Å². The molecular weight excluding hydrogens is 409 g/mol. The van der Waals surface area contributed by atoms with Gasteiger partial charge in [0.05, 0.1) is 18.6 Å². The Balaban J connectivity index is 1.39. The third-order valence-electron chi connectivity index (χ3n) is 6.07. The predicted octanol–water partition coefficient (Wildman–Crippen LogP) is 3.75. The van der Waals surface area contributed by atoms with Gasteiger partial charge in [0, 0.05) is 17.9 Å². The molecule has 10 heteroatoms. The molecular formula is C21H23F3N6O. The average molecular weight is 432 g/mol. The number of nitrogens with zero attached hydrogens (tertiary/aromatic N) is 3. The second-order valence-electron chi connectivity index (χ2n) is 8.28. The van der Waals surface area contributed by atoms with E-state index in [1.165, 1.54) is 0 Å². The second kappa shape index (κ2) is 7.37. The first-order valence-electron chi connectivity index (χ1n) is 10.4. The van der Waals surface area contributed by atoms with Gasteiger partial charge in [-0.1, -0.05) is 6.07 Å². The maximum Gasteiger partial charge on any atom is 0.421 e. The number of hydrogen-bond donors (Lipinski definition) is 3. The number of anilines is 3. The first-order chi connectivity index (χ1) is 14.8. The molecule has 1 amide bonds. The molecule has 0 radical (unpaired) electrons. The van der Waals surface area contributed by atoms with Crippen molar-refractivity contribution in [3.8, 4) is 0 Å². The van der Waals surface area contributed by atoms with Gasteiger partial charge in [-0.2, -0.15) is 18.2 Å². The predicted molar refractivity (Wildman–Crippen MR) is 109 cm³/mol. The maximum absolute atomic E-state index is 13.3. The first-order valence-corrected chi connectivity index (χ1v) is 10.4. The number of amides is 1. The molecule has 2 fully saturated rings. The molecule has 2 bridgehead atoms. The number of carbonyl (C=O) groups excluding carboxylic acids is 1. The Morgan fingerprint density at radius 2 is 1.90 bits per heavy atom. The highest BCUT2D eigenvalue weighted by atomic mass is 19.4. The molecule has 1 aromatic carbocycles. The van der Waals surface area contributed by atoms with Gasteiger partial charge in [0.2, 0.25) is 11.9 Å². The van der Waals surface area contributed by atoms with E-state index >= 15 is 0 Å². The van der Waals surface area contributed by atoms with E-state index in [1.54, 1.807) is 7.05 Å². The molecule has 2 atom stereocenters. The number of hydrogen-bond acceptors (Lipinski definition) is 6. The van der Waals surface area contributed by atoms with Crippen molar-refractivity contribution in [2.45, 2.75) is 50.0 Å². The summed E-state index contributed by atoms with van der Waals surface area (Å²) in [7, 11) is 1.75. The van der Waals surface area contributed by atoms with Crippen molar-refractivity contribution in [1.82, 2.24) is 20.2 Å². The Bertz CT molecular complexity index is 1020. The Hall–Kier alpha value is -2.88. The summed E-state index contributed by atoms with van der Waals surface area (Å²) in [5.41, 5.74) is 2.03. The number of carbonyl (C=O) groups is 1. The number of benzene rings is 1. The number of rotatable bonds is 6. The summed E-state index contributed by atoms with van der Waals surface area (Å²) >= 11 is 0. The standard InChI is InChI=1S/C21H23F3N6O/c1-25-10-18(31)30-16-6-7-17(30)14-8-12(4-5-13(14)16)28-20-26-9-15(21(22,23)24)19(29-20)27-11-2-3-11/h4-5,8-9,11,16-17,25H,2-3,6-7,10H2,1H3,(H2,26,27,28,29)/t16-,17+/m0/s1. The molecule has 0 unspecified atom stereocenters. The minimum Gasteiger partial charge on any atom is -0.367 e. The molecule has 3 N–H and O–H groups in total. The van der Waals surface area contributed by atoms with Crippen LogP contribution in [0.1, 0.15) is 54.5 Å². The Kier molecular flexibility index (Phi) is 4.76. The van der Waals surface area contributed by atoms with Gasteiger partial charge in [-0.05, 0) is 56.0 Å². The summed E-state index contributed by atoms with van der Waals surface area (Å²) in [6.45, 7) is 0.294. The van der Waals surface area contributed by atoms with Crippen molar-refractivity contribution in [3.05, 3.63) is 41.1 Å². The second-order valence-corrected chi connectivity index (χ2v) is 8.28. The molecule has 1 aromatic heterocycles. The van der Waals surface area contributed by atoms with Crippen LogP contribution in [0.3, 0.4) is 0 Å². The van der Waals surface area contributed by atoms with Gasteiger partial charge in [0.25, 0.3) is 0 Å². The van der Waals surface area contributed by atoms with Crippen LogP contribution in [-0.4, -0.2) is 40.4 Å². The Morgan fingerprint density at radius 1 is 1.16 bits per heavy atom. The normalized spacial score (nSPS) is 21.9. The van der Waals surface area contributed by atoms with Crippen molar-refractivity contribution >= 4 is 23.4 Å². The molecule has 5 rings (SSSR count). The molecule has 2 aliphatic heterocycles. The molecule has 3 heterocycles. The van der Waals surface area contributed by atoms with Gasteiger partial charge in [-0.3, -0.25) is 4.79 Å². The molecule has 31 heavy (non-hydrogen) atoms. The molecule has 164 valence electrons. The van der Waals surface area contributed by atoms with E-state index in [2.05, 4.69) is 25.9 Å². The van der Waals surface area contributed by atoms with E-state index in [9.17, 15) is 18.0 Å². The van der Waals surface area contributed by atoms with Crippen molar-refractivity contribution < 1.29 is 18.0 Å². The topological polar surface area (TPSA) is 82.2 Å². The summed E-state index contributed by atoms with van der Waals surface area (Å²) in [4.78, 5) is 22.4. The van der Waals surface area contributed by atoms with E-state index in [1.807, 2.05) is 23.1 Å². The lowest BCUT2D eigenvalue weighted by Crippen LogP contribution is -2.34. The van der Waals surface area contributed by atoms with E-state index in [4.69, 9.17) is 0 Å². The average Bonchev–Trinajstić information content (AvgIpc) is 3.34. The van der Waals surface area contributed by atoms with Gasteiger partial charge < -0.3 is 20.9 Å². The number of aromatic nitrogens is 2. The summed E-state index contributed by atoms with van der Waals surface area (Å²) in [5.74, 6) is -0.0264. The number of nitrogens with one attached hydrogen (secondary N) is 3. The summed E-state index contributed by atoms with van der Waals surface area (Å²) in [6, 6.07) is 5.94. The van der Waals surface area contributed by atoms with Crippen molar-refractivity contribution in [2.75, 3.05) is 24.2 Å². The van der Waals surface area contributed by atoms with Crippen LogP contribution in [0.25, 0.3) is 0 Å². The van der Waals surface area contributed by atoms with Crippen molar-refractivity contribution in [1.29, 1.82) is 0 Å². The Labute approximate surface area is 177 Å². The summed E-state index contributed by atoms with van der Waals surface area (Å²) in [5, 5.41) is 8.80. The highest BCUT2D eigenvalue weighted by Crippen LogP contribution is 2.53. The highest BCUT2D eigenvalue weighted by Gasteiger charge is 2.46. The maximum atomic E-state index is 13.3. The fourth-order valence-corrected chi connectivity index (χ4v) is 4.57. The number of alkyl halides is 3. The van der Waals surface area contributed by atoms with Crippen molar-refractivity contribution in [3.63, 3.8) is 0 Å². The van der Waals surface area contributed by atoms with Gasteiger partial charge in [0.15, 0.2) is 0 Å². The van der Waals surface area contributed by atoms with Gasteiger partial charge in [-0.15, -0.1) is 0 Å². The van der Waals surface area contributed by atoms with Crippen LogP contribution in [0, 0.1) is 0 Å². The molecule has 2 aromatic rings. The number of likely N-dealkylation sites (N-methyl/N-ethyl adjacent to an activating group) is 1. The smallest absolute Gasteiger partial charge is 0.367 e. The number of halogens is 3. The highest BCUT2D eigenvalue weighted by molar-refractivity contribution is 5.81. The van der Waals surface area contributed by atoms with Crippen LogP contribution in [0.2, 0.25) is 0 Å². The first kappa shape index (κ1) is 20.0. The van der Waals surface area contributed by atoms with E-state index in [0.717, 1.165) is 43.0 Å². The molecule has 3 aliphatic rings. The molecule has 1 aliphatic carbocycles. The molecule has 0 spiro atoms. The van der Waals surface area contributed by atoms with Crippen LogP contribution >= 0.6 is 0 Å². The third-order valence-corrected chi connectivity index (χ3v) is 6.07. The van der Waals surface area contributed by atoms with Crippen molar-refractivity contribution in [2.24, 2.45) is 0 Å². The SMILES string of the molecule is CNCC(=O)N1[C@@H]2CC[C@H]1c1ccc(Nc3ncc(C(F)(F)F)c(NC4CC4)n3)cc12. The molecule has 1 saturated carbocycles. The fraction of sp³-hybridized carbons (Fsp3) is 0.476. The van der Waals surface area contributed by atoms with Crippen LogP contribution in [0.5, 0.6) is 0 Å². The van der Waals surface area contributed by atoms with Crippen LogP contribution < -0.4 is 16.0 Å². The zero-order valence-electron chi connectivity index (χ0n) is 17.0. The third kappa shape index (κ3) is 3.69. The monoisotopic (exact) mass is 432 g/mol. The van der Waals surface area contributed by atoms with Gasteiger partial charge >= 0.3 is 6.18 Å². The van der Waals surface area contributed by atoms with E-state index in [0.29, 0.717) is 12.2 Å². The quantitative estimate of drug-likeness (QED) is 0.645. The fourth-order valence-electron chi connectivity index (χ4n) is 4.57. The van der Waals surface area contributed by atoms with Crippen LogP contribution in [-0.2, 0) is 11.0 Å². The molecule has 1 saturated heterocycles. The van der Waals surface area contributed by atoms with Crippen LogP contribution in [0.4, 0.5) is 30.6 Å². The summed E-state index contributed by atoms with van der Waals surface area (Å²) in [6.07, 6.45) is -0.194. The van der Waals surface area contributed by atoms with E-state index in [-0.39, 0.29) is 35.8 Å². The lowest BCUT2D eigenvalue weighted by molar-refractivity contribution is -0.137. The van der Waals surface area contributed by atoms with E-state index < -0.39 is 11.7 Å². The minimum absolute atomic E-state index is 0.0283. The lowest BCUT2D eigenvalue weighted by Gasteiger charge is -2.22. The van der Waals surface area contributed by atoms with Gasteiger partial charge in [-0.25, -0.2) is 4.98 Å². The molecule has 7 nitrogen and oxygen atoms in total. The number of fused-ring (bicyclic) bond motifs is 5. The summed E-state index contributed by atoms with van der Waals surface area (Å²) < 4.78 is 39.9. The Morgan fingerprint density at radius 3 is 2.58 bits per heavy atom. The minimum atomic E-state index is -4.52. The largest absolute Gasteiger partial charge is 0.421 e. The zero-order valence-corrected chi connectivity index (χ0v) is 17.0.